The smallest absolute Gasteiger partial charge is 0.319 e. The quantitative estimate of drug-likeness (QED) is 0.144. The number of benzene rings is 4. The SMILES string of the molecule is C=CCN(C)C[C@H]1OC(c2cccc(NC(=O)N[C@H](Cc3ccccc3)C(C)=O)c2)O[C@@H](c2ccc(CO)cc2)[C@@H]1c1ccccc1. The maximum Gasteiger partial charge on any atom is 0.319 e. The van der Waals surface area contributed by atoms with Crippen molar-refractivity contribution in [3.05, 3.63) is 150 Å². The molecule has 0 radical (unpaired) electrons. The Bertz CT molecular complexity index is 1610. The summed E-state index contributed by atoms with van der Waals surface area (Å²) < 4.78 is 13.6. The third-order valence-corrected chi connectivity index (χ3v) is 8.40. The van der Waals surface area contributed by atoms with E-state index in [1.54, 1.807) is 6.07 Å². The Kier molecular flexibility index (Phi) is 11.7. The molecule has 2 amide bonds. The van der Waals surface area contributed by atoms with Gasteiger partial charge >= 0.3 is 6.03 Å². The van der Waals surface area contributed by atoms with Gasteiger partial charge < -0.3 is 30.1 Å². The highest BCUT2D eigenvalue weighted by atomic mass is 16.7. The number of amides is 2. The average molecular weight is 634 g/mol. The molecule has 0 spiro atoms. The van der Waals surface area contributed by atoms with Gasteiger partial charge in [-0.05, 0) is 54.8 Å². The second kappa shape index (κ2) is 16.3. The van der Waals surface area contributed by atoms with Gasteiger partial charge in [-0.1, -0.05) is 103 Å². The normalized spacial score (nSPS) is 19.9. The number of hydrogen-bond donors (Lipinski definition) is 3. The fourth-order valence-electron chi connectivity index (χ4n) is 6.00. The predicted octanol–water partition coefficient (Wildman–Crippen LogP) is 6.56. The van der Waals surface area contributed by atoms with Crippen LogP contribution in [0.15, 0.2) is 122 Å². The fraction of sp³-hybridized carbons (Fsp3) is 0.282. The van der Waals surface area contributed by atoms with Gasteiger partial charge in [-0.3, -0.25) is 4.79 Å². The van der Waals surface area contributed by atoms with Crippen LogP contribution in [0.1, 0.15) is 53.1 Å². The summed E-state index contributed by atoms with van der Waals surface area (Å²) in [6.45, 7) is 6.67. The van der Waals surface area contributed by atoms with Crippen molar-refractivity contribution >= 4 is 17.5 Å². The molecule has 47 heavy (non-hydrogen) atoms. The zero-order chi connectivity index (χ0) is 33.2. The van der Waals surface area contributed by atoms with Gasteiger partial charge in [0.1, 0.15) is 0 Å². The molecule has 1 heterocycles. The molecule has 0 aromatic heterocycles. The average Bonchev–Trinajstić information content (AvgIpc) is 3.08. The fourth-order valence-corrected chi connectivity index (χ4v) is 6.00. The minimum Gasteiger partial charge on any atom is -0.392 e. The van der Waals surface area contributed by atoms with Crippen LogP contribution in [0.4, 0.5) is 10.5 Å². The van der Waals surface area contributed by atoms with Gasteiger partial charge in [0, 0.05) is 30.3 Å². The number of nitrogens with zero attached hydrogens (tertiary/aromatic N) is 1. The molecule has 244 valence electrons. The Morgan fingerprint density at radius 2 is 1.55 bits per heavy atom. The number of aliphatic hydroxyl groups is 1. The maximum absolute atomic E-state index is 13.1. The largest absolute Gasteiger partial charge is 0.392 e. The minimum absolute atomic E-state index is 0.0403. The Morgan fingerprint density at radius 3 is 2.21 bits per heavy atom. The van der Waals surface area contributed by atoms with Crippen LogP contribution < -0.4 is 10.6 Å². The first kappa shape index (κ1) is 33.8. The lowest BCUT2D eigenvalue weighted by atomic mass is 9.83. The number of aliphatic hydroxyl groups excluding tert-OH is 1. The molecule has 8 heteroatoms. The minimum atomic E-state index is -0.729. The summed E-state index contributed by atoms with van der Waals surface area (Å²) in [7, 11) is 2.04. The van der Waals surface area contributed by atoms with Crippen LogP contribution in [0, 0.1) is 0 Å². The lowest BCUT2D eigenvalue weighted by Gasteiger charge is -2.44. The number of carbonyl (C=O) groups is 2. The van der Waals surface area contributed by atoms with Crippen molar-refractivity contribution in [3.63, 3.8) is 0 Å². The second-order valence-electron chi connectivity index (χ2n) is 12.0. The Morgan fingerprint density at radius 1 is 0.872 bits per heavy atom. The van der Waals surface area contributed by atoms with E-state index < -0.39 is 18.4 Å². The van der Waals surface area contributed by atoms with Gasteiger partial charge in [-0.2, -0.15) is 0 Å². The number of ketones is 1. The van der Waals surface area contributed by atoms with Crippen molar-refractivity contribution in [1.29, 1.82) is 0 Å². The molecular weight excluding hydrogens is 590 g/mol. The van der Waals surface area contributed by atoms with Crippen LogP contribution in [-0.2, 0) is 27.3 Å². The van der Waals surface area contributed by atoms with Crippen molar-refractivity contribution in [2.24, 2.45) is 0 Å². The maximum atomic E-state index is 13.1. The molecule has 1 aliphatic heterocycles. The summed E-state index contributed by atoms with van der Waals surface area (Å²) in [5.74, 6) is -0.250. The molecule has 4 aromatic carbocycles. The lowest BCUT2D eigenvalue weighted by Crippen LogP contribution is -2.43. The number of urea groups is 1. The van der Waals surface area contributed by atoms with E-state index >= 15 is 0 Å². The number of ether oxygens (including phenoxy) is 2. The number of likely N-dealkylation sites (N-methyl/N-ethyl adjacent to an activating group) is 1. The summed E-state index contributed by atoms with van der Waals surface area (Å²) >= 11 is 0. The predicted molar refractivity (Wildman–Crippen MR) is 184 cm³/mol. The van der Waals surface area contributed by atoms with Crippen molar-refractivity contribution < 1.29 is 24.2 Å². The molecule has 4 aromatic rings. The van der Waals surface area contributed by atoms with Gasteiger partial charge in [-0.15, -0.1) is 6.58 Å². The zero-order valence-electron chi connectivity index (χ0n) is 26.9. The summed E-state index contributed by atoms with van der Waals surface area (Å²) in [5.41, 5.74) is 5.15. The summed E-state index contributed by atoms with van der Waals surface area (Å²) in [6.07, 6.45) is 0.930. The molecular formula is C39H43N3O5. The number of nitrogens with one attached hydrogen (secondary N) is 2. The van der Waals surface area contributed by atoms with E-state index in [-0.39, 0.29) is 30.5 Å². The van der Waals surface area contributed by atoms with E-state index in [9.17, 15) is 14.7 Å². The van der Waals surface area contributed by atoms with E-state index in [2.05, 4.69) is 34.2 Å². The summed E-state index contributed by atoms with van der Waals surface area (Å²) in [5, 5.41) is 15.4. The van der Waals surface area contributed by atoms with E-state index in [1.165, 1.54) is 6.92 Å². The Balaban J connectivity index is 1.40. The third kappa shape index (κ3) is 9.02. The molecule has 5 atom stereocenters. The van der Waals surface area contributed by atoms with Crippen molar-refractivity contribution in [1.82, 2.24) is 10.2 Å². The molecule has 1 fully saturated rings. The third-order valence-electron chi connectivity index (χ3n) is 8.40. The van der Waals surface area contributed by atoms with Crippen molar-refractivity contribution in [2.75, 3.05) is 25.5 Å². The van der Waals surface area contributed by atoms with Gasteiger partial charge in [0.05, 0.1) is 24.9 Å². The standard InChI is InChI=1S/C39H43N3O5/c1-4-22-42(3)25-35-36(30-14-9-6-10-15-30)37(31-20-18-29(26-43)19-21-31)47-38(46-35)32-16-11-17-33(24-32)40-39(45)41-34(27(2)44)23-28-12-7-5-8-13-28/h4-21,24,34-38,43H,1,22-23,25-26H2,2-3H3,(H2,40,41,45)/t34-,35-,36-,37+,38?/m1/s1. The molecule has 1 saturated heterocycles. The molecule has 1 aliphatic rings. The number of hydrogen-bond acceptors (Lipinski definition) is 6. The number of anilines is 1. The van der Waals surface area contributed by atoms with Crippen molar-refractivity contribution in [2.45, 2.75) is 50.4 Å². The molecule has 5 rings (SSSR count). The highest BCUT2D eigenvalue weighted by Crippen LogP contribution is 2.47. The van der Waals surface area contributed by atoms with Crippen molar-refractivity contribution in [3.8, 4) is 0 Å². The van der Waals surface area contributed by atoms with E-state index in [4.69, 9.17) is 9.47 Å². The van der Waals surface area contributed by atoms with Crippen LogP contribution >= 0.6 is 0 Å². The number of rotatable bonds is 13. The van der Waals surface area contributed by atoms with E-state index in [0.717, 1.165) is 27.8 Å². The van der Waals surface area contributed by atoms with Gasteiger partial charge in [0.2, 0.25) is 0 Å². The van der Waals surface area contributed by atoms with Gasteiger partial charge in [0.15, 0.2) is 12.1 Å². The van der Waals surface area contributed by atoms with Crippen LogP contribution in [0.5, 0.6) is 0 Å². The first-order valence-corrected chi connectivity index (χ1v) is 15.9. The molecule has 8 nitrogen and oxygen atoms in total. The van der Waals surface area contributed by atoms with E-state index in [0.29, 0.717) is 25.2 Å². The van der Waals surface area contributed by atoms with Crippen LogP contribution in [-0.4, -0.2) is 54.1 Å². The van der Waals surface area contributed by atoms with Crippen LogP contribution in [0.3, 0.4) is 0 Å². The Hall–Kier alpha value is -4.60. The van der Waals surface area contributed by atoms with E-state index in [1.807, 2.05) is 104 Å². The Labute approximate surface area is 277 Å². The molecule has 0 bridgehead atoms. The topological polar surface area (TPSA) is 100 Å². The summed E-state index contributed by atoms with van der Waals surface area (Å²) in [6, 6.07) is 33.9. The monoisotopic (exact) mass is 633 g/mol. The number of carbonyl (C=O) groups excluding carboxylic acids is 2. The molecule has 1 unspecified atom stereocenters. The highest BCUT2D eigenvalue weighted by molar-refractivity contribution is 5.93. The zero-order valence-corrected chi connectivity index (χ0v) is 26.9. The summed E-state index contributed by atoms with van der Waals surface area (Å²) in [4.78, 5) is 27.6. The lowest BCUT2D eigenvalue weighted by molar-refractivity contribution is -0.263. The second-order valence-corrected chi connectivity index (χ2v) is 12.0. The first-order valence-electron chi connectivity index (χ1n) is 15.9. The first-order chi connectivity index (χ1) is 22.8. The van der Waals surface area contributed by atoms with Gasteiger partial charge in [-0.25, -0.2) is 4.79 Å². The molecule has 0 aliphatic carbocycles. The highest BCUT2D eigenvalue weighted by Gasteiger charge is 2.42. The molecule has 3 N–H and O–H groups in total. The van der Waals surface area contributed by atoms with Crippen LogP contribution in [0.25, 0.3) is 0 Å². The molecule has 0 saturated carbocycles. The van der Waals surface area contributed by atoms with Crippen LogP contribution in [0.2, 0.25) is 0 Å². The number of Topliss-reactive ketones (excluding diaryl/α,β-unsaturated/α-hetero) is 1. The van der Waals surface area contributed by atoms with Gasteiger partial charge in [0.25, 0.3) is 0 Å².